The van der Waals surface area contributed by atoms with Gasteiger partial charge in [-0.15, -0.1) is 0 Å². The Morgan fingerprint density at radius 3 is 2.02 bits per heavy atom. The largest absolute Gasteiger partial charge is 0.336 e. The van der Waals surface area contributed by atoms with E-state index in [4.69, 9.17) is 0 Å². The maximum atomic E-state index is 2.77. The van der Waals surface area contributed by atoms with Gasteiger partial charge in [-0.3, -0.25) is 0 Å². The smallest absolute Gasteiger partial charge is 0.214 e. The highest BCUT2D eigenvalue weighted by Crippen LogP contribution is 2.59. The van der Waals surface area contributed by atoms with Gasteiger partial charge in [-0.1, -0.05) is 108 Å². The Kier molecular flexibility index (Phi) is 6.12. The second-order valence-corrected chi connectivity index (χ2v) is 12.9. The molecule has 3 nitrogen and oxygen atoms in total. The number of fused-ring (bicyclic) bond motifs is 8. The van der Waals surface area contributed by atoms with E-state index in [0.717, 1.165) is 13.1 Å². The van der Waals surface area contributed by atoms with Gasteiger partial charge in [-0.05, 0) is 81.6 Å². The van der Waals surface area contributed by atoms with Crippen LogP contribution in [0.5, 0.6) is 0 Å². The van der Waals surface area contributed by atoms with Crippen molar-refractivity contribution in [3.05, 3.63) is 120 Å². The molecule has 0 amide bonds. The maximum absolute atomic E-state index is 2.77. The average molecular weight is 538 g/mol. The van der Waals surface area contributed by atoms with Gasteiger partial charge in [-0.25, -0.2) is 0 Å². The number of para-hydroxylation sites is 2. The fourth-order valence-electron chi connectivity index (χ4n) is 9.85. The third-order valence-corrected chi connectivity index (χ3v) is 11.0. The van der Waals surface area contributed by atoms with Crippen LogP contribution in [-0.4, -0.2) is 61.8 Å². The molecule has 206 valence electrons. The number of anilines is 2. The van der Waals surface area contributed by atoms with Crippen molar-refractivity contribution in [1.82, 2.24) is 9.80 Å². The minimum Gasteiger partial charge on any atom is -0.336 e. The summed E-state index contributed by atoms with van der Waals surface area (Å²) < 4.78 is 0. The summed E-state index contributed by atoms with van der Waals surface area (Å²) in [6, 6.07) is 42.9. The fraction of sp³-hybridized carbons (Fsp3) is 0.351. The predicted octanol–water partition coefficient (Wildman–Crippen LogP) is 5.67. The summed E-state index contributed by atoms with van der Waals surface area (Å²) >= 11 is 0. The third-order valence-electron chi connectivity index (χ3n) is 11.0. The summed E-state index contributed by atoms with van der Waals surface area (Å²) in [5.41, 5.74) is 8.71. The van der Waals surface area contributed by atoms with Crippen LogP contribution in [0.2, 0.25) is 5.82 Å². The number of nitrogens with zero attached hydrogens (tertiary/aromatic N) is 3. The second-order valence-electron chi connectivity index (χ2n) is 12.9. The predicted molar refractivity (Wildman–Crippen MR) is 173 cm³/mol. The van der Waals surface area contributed by atoms with E-state index in [1.165, 1.54) is 48.1 Å². The maximum Gasteiger partial charge on any atom is 0.214 e. The number of rotatable bonds is 2. The second kappa shape index (κ2) is 9.89. The van der Waals surface area contributed by atoms with Crippen molar-refractivity contribution in [3.8, 4) is 0 Å². The van der Waals surface area contributed by atoms with Crippen LogP contribution in [-0.2, 0) is 5.41 Å². The van der Waals surface area contributed by atoms with Crippen LogP contribution >= 0.6 is 0 Å². The molecule has 0 bridgehead atoms. The Morgan fingerprint density at radius 2 is 1.24 bits per heavy atom. The van der Waals surface area contributed by atoms with Crippen molar-refractivity contribution < 1.29 is 0 Å². The Labute approximate surface area is 245 Å². The molecule has 4 aromatic rings. The van der Waals surface area contributed by atoms with E-state index in [1.807, 2.05) is 0 Å². The first-order valence-electron chi connectivity index (χ1n) is 15.7. The van der Waals surface area contributed by atoms with Gasteiger partial charge in [0.15, 0.2) is 0 Å². The Morgan fingerprint density at radius 1 is 0.634 bits per heavy atom. The summed E-state index contributed by atoms with van der Waals surface area (Å²) in [6.45, 7) is 2.73. The minimum absolute atomic E-state index is 0.122. The highest BCUT2D eigenvalue weighted by molar-refractivity contribution is 6.87. The zero-order valence-electron chi connectivity index (χ0n) is 24.4. The molecule has 5 unspecified atom stereocenters. The van der Waals surface area contributed by atoms with E-state index in [0.29, 0.717) is 30.7 Å². The van der Waals surface area contributed by atoms with Crippen molar-refractivity contribution in [3.63, 3.8) is 0 Å². The first-order chi connectivity index (χ1) is 20.2. The molecule has 0 radical (unpaired) electrons. The van der Waals surface area contributed by atoms with Crippen molar-refractivity contribution in [2.24, 2.45) is 0 Å². The molecule has 0 aliphatic carbocycles. The molecule has 0 N–H and O–H groups in total. The molecule has 8 rings (SSSR count). The molecule has 1 spiro atoms. The zero-order chi connectivity index (χ0) is 27.6. The van der Waals surface area contributed by atoms with Crippen molar-refractivity contribution in [2.45, 2.75) is 55.0 Å². The first-order valence-corrected chi connectivity index (χ1v) is 15.7. The van der Waals surface area contributed by atoms with Crippen molar-refractivity contribution in [1.29, 1.82) is 0 Å². The van der Waals surface area contributed by atoms with E-state index in [-0.39, 0.29) is 5.41 Å². The van der Waals surface area contributed by atoms with Crippen LogP contribution < -0.4 is 15.8 Å². The lowest BCUT2D eigenvalue weighted by Crippen LogP contribution is -2.77. The standard InChI is InChI=1S/C37H40BN3/c1-39-25-13-22-32-35(39)37(29-19-9-11-21-31(29)38(32)27-15-5-3-6-16-27)30-20-10-12-23-33(30)41(28-17-7-4-8-18-28)34-24-14-26-40(2)36(34)37/h3-12,15-21,23,32,34-36H,13-14,22,24-26H2,1-2H3. The van der Waals surface area contributed by atoms with Gasteiger partial charge in [0, 0.05) is 23.5 Å². The summed E-state index contributed by atoms with van der Waals surface area (Å²) in [6.07, 6.45) is 4.99. The van der Waals surface area contributed by atoms with Gasteiger partial charge in [0.25, 0.3) is 0 Å². The van der Waals surface area contributed by atoms with Crippen LogP contribution in [0.25, 0.3) is 0 Å². The summed E-state index contributed by atoms with van der Waals surface area (Å²) in [5.74, 6) is 0.554. The molecule has 0 aromatic heterocycles. The third kappa shape index (κ3) is 3.60. The highest BCUT2D eigenvalue weighted by atomic mass is 15.3. The lowest BCUT2D eigenvalue weighted by Gasteiger charge is -2.66. The van der Waals surface area contributed by atoms with E-state index >= 15 is 0 Å². The van der Waals surface area contributed by atoms with Crippen LogP contribution in [0.1, 0.15) is 36.8 Å². The zero-order valence-corrected chi connectivity index (χ0v) is 24.4. The van der Waals surface area contributed by atoms with E-state index in [2.05, 4.69) is 138 Å². The minimum atomic E-state index is -0.122. The van der Waals surface area contributed by atoms with E-state index in [1.54, 1.807) is 11.0 Å². The van der Waals surface area contributed by atoms with E-state index in [9.17, 15) is 0 Å². The molecule has 2 saturated heterocycles. The summed E-state index contributed by atoms with van der Waals surface area (Å²) in [5, 5.41) is 0. The molecule has 4 aliphatic rings. The average Bonchev–Trinajstić information content (AvgIpc) is 3.02. The van der Waals surface area contributed by atoms with Crippen molar-refractivity contribution in [2.75, 3.05) is 32.1 Å². The first kappa shape index (κ1) is 25.4. The molecule has 2 fully saturated rings. The monoisotopic (exact) mass is 537 g/mol. The number of benzene rings is 4. The SMILES string of the molecule is CN1CCCC2B(c3ccccc3)c3ccccc3C3(c4ccccc4N(c4ccccc4)C4CCCN(C)C43)C21. The molecular weight excluding hydrogens is 497 g/mol. The molecule has 4 aliphatic heterocycles. The van der Waals surface area contributed by atoms with E-state index < -0.39 is 0 Å². The Bertz CT molecular complexity index is 1420. The quantitative estimate of drug-likeness (QED) is 0.305. The number of hydrogen-bond acceptors (Lipinski definition) is 3. The normalized spacial score (nSPS) is 29.4. The van der Waals surface area contributed by atoms with Crippen LogP contribution in [0.15, 0.2) is 109 Å². The lowest BCUT2D eigenvalue weighted by molar-refractivity contribution is 0.0239. The molecular formula is C37H40BN3. The van der Waals surface area contributed by atoms with Gasteiger partial charge >= 0.3 is 0 Å². The number of hydrogen-bond donors (Lipinski definition) is 0. The van der Waals surface area contributed by atoms with Crippen LogP contribution in [0.4, 0.5) is 11.4 Å². The van der Waals surface area contributed by atoms with Gasteiger partial charge < -0.3 is 14.7 Å². The number of likely N-dealkylation sites (tertiary alicyclic amines) is 2. The molecule has 4 aromatic carbocycles. The molecule has 4 heteroatoms. The Hall–Kier alpha value is -3.34. The Balaban J connectivity index is 1.48. The lowest BCUT2D eigenvalue weighted by atomic mass is 9.25. The highest BCUT2D eigenvalue weighted by Gasteiger charge is 2.65. The van der Waals surface area contributed by atoms with Gasteiger partial charge in [-0.2, -0.15) is 0 Å². The van der Waals surface area contributed by atoms with Gasteiger partial charge in [0.1, 0.15) is 0 Å². The topological polar surface area (TPSA) is 9.72 Å². The summed E-state index contributed by atoms with van der Waals surface area (Å²) in [4.78, 5) is 8.23. The van der Waals surface area contributed by atoms with Gasteiger partial charge in [0.05, 0.1) is 11.5 Å². The number of piperidine rings is 2. The van der Waals surface area contributed by atoms with Crippen LogP contribution in [0, 0.1) is 0 Å². The fourth-order valence-corrected chi connectivity index (χ4v) is 9.85. The summed E-state index contributed by atoms with van der Waals surface area (Å²) in [7, 11) is 4.85. The van der Waals surface area contributed by atoms with Crippen molar-refractivity contribution >= 4 is 29.0 Å². The molecule has 41 heavy (non-hydrogen) atoms. The molecule has 5 atom stereocenters. The molecule has 4 heterocycles. The van der Waals surface area contributed by atoms with Gasteiger partial charge in [0.2, 0.25) is 6.71 Å². The number of likely N-dealkylation sites (N-methyl/N-ethyl adjacent to an activating group) is 2. The molecule has 0 saturated carbocycles. The van der Waals surface area contributed by atoms with Crippen LogP contribution in [0.3, 0.4) is 0 Å².